The quantitative estimate of drug-likeness (QED) is 0.543. The Kier molecular flexibility index (Phi) is 2.10. The Morgan fingerprint density at radius 2 is 1.75 bits per heavy atom. The van der Waals surface area contributed by atoms with Crippen LogP contribution in [0, 0.1) is 16.7 Å². The highest BCUT2D eigenvalue weighted by atomic mass is 16.1. The Bertz CT molecular complexity index is 201. The molecule has 0 aromatic heterocycles. The van der Waals surface area contributed by atoms with Crippen molar-refractivity contribution < 1.29 is 4.79 Å². The fourth-order valence-corrected chi connectivity index (χ4v) is 2.19. The van der Waals surface area contributed by atoms with Gasteiger partial charge in [0.2, 0.25) is 0 Å². The van der Waals surface area contributed by atoms with Crippen molar-refractivity contribution in [3.63, 3.8) is 0 Å². The second kappa shape index (κ2) is 2.58. The first-order valence-corrected chi connectivity index (χ1v) is 4.82. The van der Waals surface area contributed by atoms with Gasteiger partial charge in [0.05, 0.1) is 0 Å². The average Bonchev–Trinajstić information content (AvgIpc) is 1.96. The summed E-state index contributed by atoms with van der Waals surface area (Å²) in [5.41, 5.74) is 0.221. The first kappa shape index (κ1) is 9.76. The maximum atomic E-state index is 11.6. The highest BCUT2D eigenvalue weighted by Crippen LogP contribution is 2.48. The topological polar surface area (TPSA) is 17.1 Å². The van der Waals surface area contributed by atoms with Gasteiger partial charge in [-0.25, -0.2) is 0 Å². The number of rotatable bonds is 0. The third kappa shape index (κ3) is 1.30. The third-order valence-electron chi connectivity index (χ3n) is 3.97. The molecule has 0 radical (unpaired) electrons. The standard InChI is InChI=1S/C11H20O/c1-8-10(2,3)7-6-9(12)11(8,4)5/h8H,6-7H2,1-5H3. The van der Waals surface area contributed by atoms with Crippen molar-refractivity contribution >= 4 is 5.78 Å². The molecule has 0 aromatic rings. The lowest BCUT2D eigenvalue weighted by atomic mass is 9.57. The van der Waals surface area contributed by atoms with Crippen LogP contribution in [-0.4, -0.2) is 5.78 Å². The van der Waals surface area contributed by atoms with Crippen LogP contribution in [0.5, 0.6) is 0 Å². The van der Waals surface area contributed by atoms with E-state index in [1.165, 1.54) is 0 Å². The van der Waals surface area contributed by atoms with E-state index in [4.69, 9.17) is 0 Å². The Labute approximate surface area is 75.5 Å². The summed E-state index contributed by atoms with van der Waals surface area (Å²) in [6, 6.07) is 0. The molecule has 1 aliphatic carbocycles. The molecule has 0 amide bonds. The molecule has 0 saturated heterocycles. The summed E-state index contributed by atoms with van der Waals surface area (Å²) in [5.74, 6) is 0.931. The second-order valence-electron chi connectivity index (χ2n) is 5.36. The molecule has 0 aromatic carbocycles. The summed E-state index contributed by atoms with van der Waals surface area (Å²) in [6.45, 7) is 10.9. The molecule has 1 rings (SSSR count). The first-order valence-electron chi connectivity index (χ1n) is 4.82. The van der Waals surface area contributed by atoms with Crippen LogP contribution in [0.3, 0.4) is 0 Å². The molecule has 1 aliphatic rings. The summed E-state index contributed by atoms with van der Waals surface area (Å²) >= 11 is 0. The van der Waals surface area contributed by atoms with Crippen molar-refractivity contribution in [2.75, 3.05) is 0 Å². The molecule has 1 atom stereocenters. The van der Waals surface area contributed by atoms with Gasteiger partial charge in [0.1, 0.15) is 5.78 Å². The van der Waals surface area contributed by atoms with Crippen molar-refractivity contribution in [1.82, 2.24) is 0 Å². The van der Waals surface area contributed by atoms with E-state index >= 15 is 0 Å². The van der Waals surface area contributed by atoms with Gasteiger partial charge < -0.3 is 0 Å². The van der Waals surface area contributed by atoms with E-state index in [1.54, 1.807) is 0 Å². The number of hydrogen-bond donors (Lipinski definition) is 0. The van der Waals surface area contributed by atoms with Gasteiger partial charge in [-0.05, 0) is 17.8 Å². The molecular formula is C11H20O. The van der Waals surface area contributed by atoms with Crippen LogP contribution in [0.25, 0.3) is 0 Å². The summed E-state index contributed by atoms with van der Waals surface area (Å²) in [4.78, 5) is 11.6. The Morgan fingerprint density at radius 3 is 2.17 bits per heavy atom. The van der Waals surface area contributed by atoms with Gasteiger partial charge in [-0.2, -0.15) is 0 Å². The molecule has 0 heterocycles. The predicted octanol–water partition coefficient (Wildman–Crippen LogP) is 3.04. The number of carbonyl (C=O) groups is 1. The van der Waals surface area contributed by atoms with Crippen molar-refractivity contribution in [2.24, 2.45) is 16.7 Å². The lowest BCUT2D eigenvalue weighted by molar-refractivity contribution is -0.137. The number of ketones is 1. The molecule has 70 valence electrons. The van der Waals surface area contributed by atoms with Crippen molar-refractivity contribution in [2.45, 2.75) is 47.5 Å². The monoisotopic (exact) mass is 168 g/mol. The van der Waals surface area contributed by atoms with Crippen LogP contribution in [0.4, 0.5) is 0 Å². The lowest BCUT2D eigenvalue weighted by Gasteiger charge is -2.46. The Balaban J connectivity index is 2.93. The molecule has 12 heavy (non-hydrogen) atoms. The van der Waals surface area contributed by atoms with Crippen molar-refractivity contribution in [1.29, 1.82) is 0 Å². The minimum absolute atomic E-state index is 0.109. The molecule has 1 heteroatoms. The minimum Gasteiger partial charge on any atom is -0.299 e. The van der Waals surface area contributed by atoms with E-state index in [9.17, 15) is 4.79 Å². The zero-order valence-electron chi connectivity index (χ0n) is 8.90. The number of Topliss-reactive ketones (excluding diaryl/α,β-unsaturated/α-hetero) is 1. The SMILES string of the molecule is CC1C(C)(C)CCC(=O)C1(C)C. The van der Waals surface area contributed by atoms with Crippen LogP contribution >= 0.6 is 0 Å². The van der Waals surface area contributed by atoms with Gasteiger partial charge in [-0.15, -0.1) is 0 Å². The Morgan fingerprint density at radius 1 is 1.25 bits per heavy atom. The number of carbonyl (C=O) groups excluding carboxylic acids is 1. The number of hydrogen-bond acceptors (Lipinski definition) is 1. The smallest absolute Gasteiger partial charge is 0.138 e. The molecule has 0 N–H and O–H groups in total. The van der Waals surface area contributed by atoms with Gasteiger partial charge in [-0.3, -0.25) is 4.79 Å². The van der Waals surface area contributed by atoms with Crippen LogP contribution in [0.2, 0.25) is 0 Å². The van der Waals surface area contributed by atoms with Gasteiger partial charge in [0, 0.05) is 11.8 Å². The van der Waals surface area contributed by atoms with E-state index in [0.29, 0.717) is 17.1 Å². The van der Waals surface area contributed by atoms with Gasteiger partial charge in [-0.1, -0.05) is 34.6 Å². The zero-order valence-corrected chi connectivity index (χ0v) is 8.90. The predicted molar refractivity (Wildman–Crippen MR) is 51.0 cm³/mol. The summed E-state index contributed by atoms with van der Waals surface area (Å²) in [7, 11) is 0. The Hall–Kier alpha value is -0.330. The molecule has 1 nitrogen and oxygen atoms in total. The molecule has 1 fully saturated rings. The molecule has 0 aliphatic heterocycles. The van der Waals surface area contributed by atoms with E-state index in [-0.39, 0.29) is 5.41 Å². The van der Waals surface area contributed by atoms with Crippen LogP contribution in [0.1, 0.15) is 47.5 Å². The average molecular weight is 168 g/mol. The maximum Gasteiger partial charge on any atom is 0.138 e. The fourth-order valence-electron chi connectivity index (χ4n) is 2.19. The first-order chi connectivity index (χ1) is 5.28. The van der Waals surface area contributed by atoms with Crippen molar-refractivity contribution in [3.8, 4) is 0 Å². The van der Waals surface area contributed by atoms with E-state index in [2.05, 4.69) is 34.6 Å². The highest BCUT2D eigenvalue weighted by Gasteiger charge is 2.45. The summed E-state index contributed by atoms with van der Waals surface area (Å²) in [6.07, 6.45) is 1.82. The van der Waals surface area contributed by atoms with Crippen molar-refractivity contribution in [3.05, 3.63) is 0 Å². The highest BCUT2D eigenvalue weighted by molar-refractivity contribution is 5.85. The third-order valence-corrected chi connectivity index (χ3v) is 3.97. The largest absolute Gasteiger partial charge is 0.299 e. The molecular weight excluding hydrogens is 148 g/mol. The van der Waals surface area contributed by atoms with Crippen LogP contribution in [0.15, 0.2) is 0 Å². The van der Waals surface area contributed by atoms with Gasteiger partial charge >= 0.3 is 0 Å². The zero-order chi connectivity index (χ0) is 9.57. The van der Waals surface area contributed by atoms with Crippen LogP contribution in [-0.2, 0) is 4.79 Å². The summed E-state index contributed by atoms with van der Waals surface area (Å²) < 4.78 is 0. The molecule has 0 spiro atoms. The normalized spacial score (nSPS) is 33.4. The van der Waals surface area contributed by atoms with E-state index < -0.39 is 0 Å². The van der Waals surface area contributed by atoms with E-state index in [1.807, 2.05) is 0 Å². The summed E-state index contributed by atoms with van der Waals surface area (Å²) in [5, 5.41) is 0. The molecule has 0 bridgehead atoms. The van der Waals surface area contributed by atoms with Gasteiger partial charge in [0.25, 0.3) is 0 Å². The maximum absolute atomic E-state index is 11.6. The van der Waals surface area contributed by atoms with Crippen LogP contribution < -0.4 is 0 Å². The molecule has 1 unspecified atom stereocenters. The lowest BCUT2D eigenvalue weighted by Crippen LogP contribution is -2.44. The minimum atomic E-state index is -0.109. The van der Waals surface area contributed by atoms with Gasteiger partial charge in [0.15, 0.2) is 0 Å². The molecule has 1 saturated carbocycles. The fraction of sp³-hybridized carbons (Fsp3) is 0.909. The van der Waals surface area contributed by atoms with E-state index in [0.717, 1.165) is 12.8 Å². The second-order valence-corrected chi connectivity index (χ2v) is 5.36.